The van der Waals surface area contributed by atoms with Crippen molar-refractivity contribution in [3.8, 4) is 28.7 Å². The molecule has 13 nitrogen and oxygen atoms in total. The van der Waals surface area contributed by atoms with E-state index in [0.29, 0.717) is 56.5 Å². The van der Waals surface area contributed by atoms with Crippen molar-refractivity contribution in [2.24, 2.45) is 5.92 Å². The van der Waals surface area contributed by atoms with Crippen molar-refractivity contribution < 1.29 is 51.5 Å². The molecule has 5 aliphatic heterocycles. The Hall–Kier alpha value is -7.93. The molecule has 6 fully saturated rings. The normalized spacial score (nSPS) is 21.4. The van der Waals surface area contributed by atoms with Gasteiger partial charge in [0, 0.05) is 95.6 Å². The van der Waals surface area contributed by atoms with E-state index in [-0.39, 0.29) is 10.6 Å². The molecule has 102 heavy (non-hydrogen) atoms. The molecule has 17 rings (SSSR count). The van der Waals surface area contributed by atoms with Gasteiger partial charge >= 0.3 is 0 Å². The van der Waals surface area contributed by atoms with E-state index in [1.54, 1.807) is 12.1 Å². The van der Waals surface area contributed by atoms with Gasteiger partial charge in [-0.25, -0.2) is 0 Å². The lowest BCUT2D eigenvalue weighted by Gasteiger charge is -2.22. The van der Waals surface area contributed by atoms with Crippen LogP contribution in [-0.2, 0) is 0 Å². The van der Waals surface area contributed by atoms with Crippen LogP contribution in [0, 0.1) is 50.7 Å². The van der Waals surface area contributed by atoms with E-state index >= 15 is 0 Å². The highest BCUT2D eigenvalue weighted by Crippen LogP contribution is 2.50. The molecular formula is C89H117N6O7+5. The molecule has 0 aromatic heterocycles. The third kappa shape index (κ3) is 17.1. The quantitative estimate of drug-likeness (QED) is 0.0849. The van der Waals surface area contributed by atoms with Gasteiger partial charge in [-0.05, 0) is 181 Å². The number of fused-ring (bicyclic) bond motifs is 5. The summed E-state index contributed by atoms with van der Waals surface area (Å²) in [5, 5.41) is 10.8. The summed E-state index contributed by atoms with van der Waals surface area (Å²) in [7, 11) is 0. The maximum atomic E-state index is 10.8. The lowest BCUT2D eigenvalue weighted by molar-refractivity contribution is -0.455. The number of nitro groups is 1. The zero-order chi connectivity index (χ0) is 70.6. The van der Waals surface area contributed by atoms with E-state index in [9.17, 15) is 10.1 Å². The number of aryl methyl sites for hydroxylation is 5. The van der Waals surface area contributed by atoms with Crippen molar-refractivity contribution in [3.63, 3.8) is 0 Å². The first-order chi connectivity index (χ1) is 49.8. The van der Waals surface area contributed by atoms with E-state index in [2.05, 4.69) is 153 Å². The third-order valence-electron chi connectivity index (χ3n) is 23.8. The van der Waals surface area contributed by atoms with Crippen molar-refractivity contribution in [1.29, 1.82) is 0 Å². The zero-order valence-corrected chi connectivity index (χ0v) is 62.9. The standard InChI is InChI=1S/C21H23N2O3.C21H30NO.2C16H22NO.C15H20NO/c1-15-11-19(17-5-3-2-4-6-17)21-20(12-15)22(14-26-21)13-16-7-9-18(10-8-16)23(24)25;1-16-12-19(18-10-6-3-7-11-18)21-20(13-16)22(15-23-21)14-17-8-4-2-5-9-17;2*1-3-17-11-18-16-14(9-12(2)10-15(16)17)13-7-5-4-6-8-13;1-11-8-13(12-6-4-3-5-7-12)15-14(9-11)16(2)10-17-15/h7-13,17H,2-6,14H2,1H3;12-14,17-18H,2-11,15H2,1H3;2*3,9-10,13H,4-8,11H2,1-2H3;8-9,12H,2-7,10H2,1H3/q5*+1/b22-13-;22-14-;2*17-3-;. The van der Waals surface area contributed by atoms with Crippen LogP contribution >= 0.6 is 0 Å². The van der Waals surface area contributed by atoms with Crippen LogP contribution in [-0.4, -0.2) is 93.0 Å². The number of hydrogen-bond acceptors (Lipinski definition) is 7. The van der Waals surface area contributed by atoms with Crippen LogP contribution in [0.4, 0.5) is 34.1 Å². The van der Waals surface area contributed by atoms with Crippen LogP contribution in [0.1, 0.15) is 297 Å². The first-order valence-corrected chi connectivity index (χ1v) is 39.8. The van der Waals surface area contributed by atoms with Crippen molar-refractivity contribution >= 4 is 65.7 Å². The Bertz CT molecular complexity index is 4000. The van der Waals surface area contributed by atoms with E-state index < -0.39 is 0 Å². The summed E-state index contributed by atoms with van der Waals surface area (Å²) in [5.41, 5.74) is 21.0. The van der Waals surface area contributed by atoms with Gasteiger partial charge in [0.2, 0.25) is 28.7 Å². The van der Waals surface area contributed by atoms with Crippen molar-refractivity contribution in [2.75, 3.05) is 33.7 Å². The van der Waals surface area contributed by atoms with Crippen LogP contribution in [0.3, 0.4) is 0 Å². The number of benzene rings is 6. The first-order valence-electron chi connectivity index (χ1n) is 39.8. The zero-order valence-electron chi connectivity index (χ0n) is 62.9. The van der Waals surface area contributed by atoms with Gasteiger partial charge < -0.3 is 23.7 Å². The number of nitrogens with zero attached hydrogens (tertiary/aromatic N) is 6. The van der Waals surface area contributed by atoms with Gasteiger partial charge in [0.05, 0.1) is 4.92 Å². The second-order valence-corrected chi connectivity index (χ2v) is 31.5. The van der Waals surface area contributed by atoms with Crippen LogP contribution in [0.2, 0.25) is 0 Å². The summed E-state index contributed by atoms with van der Waals surface area (Å²) in [6, 6.07) is 29.4. The topological polar surface area (TPSA) is 104 Å². The monoisotopic (exact) mass is 1380 g/mol. The Morgan fingerprint density at radius 3 is 0.971 bits per heavy atom. The number of ether oxygens (including phenoxy) is 5. The molecule has 6 aromatic rings. The van der Waals surface area contributed by atoms with Gasteiger partial charge in [0.1, 0.15) is 19.1 Å². The highest BCUT2D eigenvalue weighted by Gasteiger charge is 2.38. The maximum Gasteiger partial charge on any atom is 0.293 e. The van der Waals surface area contributed by atoms with E-state index in [1.165, 1.54) is 289 Å². The van der Waals surface area contributed by atoms with Crippen LogP contribution < -0.4 is 23.7 Å². The van der Waals surface area contributed by atoms with Gasteiger partial charge in [-0.15, -0.1) is 0 Å². The van der Waals surface area contributed by atoms with Gasteiger partial charge in [-0.3, -0.25) is 10.1 Å². The van der Waals surface area contributed by atoms with E-state index in [4.69, 9.17) is 23.7 Å². The Morgan fingerprint density at radius 1 is 0.363 bits per heavy atom. The van der Waals surface area contributed by atoms with Crippen molar-refractivity contribution in [2.45, 2.75) is 271 Å². The number of nitro benzene ring substituents is 1. The first kappa shape index (κ1) is 72.4. The van der Waals surface area contributed by atoms with E-state index in [0.717, 1.165) is 46.9 Å². The molecule has 6 saturated carbocycles. The Morgan fingerprint density at radius 2 is 0.637 bits per heavy atom. The summed E-state index contributed by atoms with van der Waals surface area (Å²) in [6.45, 7) is 22.2. The largest absolute Gasteiger partial charge is 0.429 e. The molecule has 0 unspecified atom stereocenters. The van der Waals surface area contributed by atoms with Gasteiger partial charge in [0.25, 0.3) is 67.8 Å². The second-order valence-electron chi connectivity index (χ2n) is 31.5. The Balaban J connectivity index is 0.000000115. The molecule has 11 aliphatic rings. The smallest absolute Gasteiger partial charge is 0.293 e. The molecule has 0 bridgehead atoms. The number of non-ortho nitro benzene ring substituents is 1. The molecule has 0 radical (unpaired) electrons. The SMILES string of the molecule is C/C=[N+]1/COc2c(C3CCCCC3)cc(C)cc21.C/C=[N+]1/COc2c(C3CCCCC3)cc(C)cc21.C=[N+]1COc2c(C3CCCCC3)cc(C)cc21.Cc1cc(C2CCCCC2)c2c(c1)/[N+](=C\C1CCCCC1)CO2.Cc1cc(C2CCCCC2)c2c(c1)/[N+](=C\c1ccc([N+](=O)[O-])cc1)CO2. The average Bonchev–Trinajstić information content (AvgIpc) is 1.64. The molecule has 5 heterocycles. The summed E-state index contributed by atoms with van der Waals surface area (Å²) < 4.78 is 40.8. The summed E-state index contributed by atoms with van der Waals surface area (Å²) in [4.78, 5) is 10.4. The fourth-order valence-corrected chi connectivity index (χ4v) is 18.5. The van der Waals surface area contributed by atoms with Crippen molar-refractivity contribution in [1.82, 2.24) is 0 Å². The molecular weight excluding hydrogens is 1270 g/mol. The minimum atomic E-state index is -0.377. The van der Waals surface area contributed by atoms with Crippen molar-refractivity contribution in [3.05, 3.63) is 156 Å². The van der Waals surface area contributed by atoms with E-state index in [1.807, 2.05) is 10.8 Å². The molecule has 0 amide bonds. The Labute approximate surface area is 609 Å². The molecule has 540 valence electrons. The lowest BCUT2D eigenvalue weighted by atomic mass is 9.83. The molecule has 0 saturated heterocycles. The fourth-order valence-electron chi connectivity index (χ4n) is 18.5. The number of hydrogen-bond donors (Lipinski definition) is 0. The van der Waals surface area contributed by atoms with Gasteiger partial charge in [0.15, 0.2) is 12.4 Å². The average molecular weight is 1380 g/mol. The fraction of sp³-hybridized carbons (Fsp3) is 0.539. The molecule has 0 atom stereocenters. The van der Waals surface area contributed by atoms with Gasteiger partial charge in [-0.1, -0.05) is 146 Å². The van der Waals surface area contributed by atoms with Crippen LogP contribution in [0.5, 0.6) is 28.7 Å². The van der Waals surface area contributed by atoms with Gasteiger partial charge in [-0.2, -0.15) is 22.9 Å². The summed E-state index contributed by atoms with van der Waals surface area (Å²) in [5.74, 6) is 9.77. The Kier molecular flexibility index (Phi) is 24.2. The highest BCUT2D eigenvalue weighted by molar-refractivity contribution is 5.78. The predicted octanol–water partition coefficient (Wildman–Crippen LogP) is 22.7. The molecule has 6 aromatic carbocycles. The molecule has 0 spiro atoms. The molecule has 6 aliphatic carbocycles. The lowest BCUT2D eigenvalue weighted by Crippen LogP contribution is -2.15. The molecule has 0 N–H and O–H groups in total. The summed E-state index contributed by atoms with van der Waals surface area (Å²) >= 11 is 0. The third-order valence-corrected chi connectivity index (χ3v) is 23.8. The highest BCUT2D eigenvalue weighted by atomic mass is 16.6. The number of rotatable bonds is 8. The predicted molar refractivity (Wildman–Crippen MR) is 414 cm³/mol. The second kappa shape index (κ2) is 34.1. The minimum Gasteiger partial charge on any atom is -0.429 e. The van der Waals surface area contributed by atoms with Crippen LogP contribution in [0.25, 0.3) is 0 Å². The molecule has 13 heteroatoms. The minimum absolute atomic E-state index is 0.107. The maximum absolute atomic E-state index is 10.8. The van der Waals surface area contributed by atoms with Crippen LogP contribution in [0.15, 0.2) is 84.9 Å². The summed E-state index contributed by atoms with van der Waals surface area (Å²) in [6.07, 6.45) is 49.2.